The number of nitrogens with zero attached hydrogens (tertiary/aromatic N) is 4. The van der Waals surface area contributed by atoms with Gasteiger partial charge in [-0.15, -0.1) is 0 Å². The Hall–Kier alpha value is -2.68. The van der Waals surface area contributed by atoms with Gasteiger partial charge in [0.25, 0.3) is 5.91 Å². The minimum atomic E-state index is -3.47. The molecule has 2 fully saturated rings. The fourth-order valence-corrected chi connectivity index (χ4v) is 5.66. The van der Waals surface area contributed by atoms with Crippen LogP contribution in [0.3, 0.4) is 0 Å². The molecule has 2 aliphatic heterocycles. The van der Waals surface area contributed by atoms with Gasteiger partial charge in [0.15, 0.2) is 0 Å². The molecule has 0 bridgehead atoms. The van der Waals surface area contributed by atoms with E-state index in [0.29, 0.717) is 32.6 Å². The summed E-state index contributed by atoms with van der Waals surface area (Å²) in [4.78, 5) is 21.2. The fourth-order valence-electron chi connectivity index (χ4n) is 4.10. The Morgan fingerprint density at radius 2 is 1.80 bits per heavy atom. The zero-order valence-corrected chi connectivity index (χ0v) is 18.0. The monoisotopic (exact) mass is 432 g/mol. The maximum atomic E-state index is 14.6. The van der Waals surface area contributed by atoms with Gasteiger partial charge in [-0.2, -0.15) is 0 Å². The van der Waals surface area contributed by atoms with Gasteiger partial charge in [-0.1, -0.05) is 6.07 Å². The molecule has 0 N–H and O–H groups in total. The Balaban J connectivity index is 1.45. The predicted molar refractivity (Wildman–Crippen MR) is 114 cm³/mol. The van der Waals surface area contributed by atoms with E-state index in [0.717, 1.165) is 27.3 Å². The van der Waals surface area contributed by atoms with Crippen LogP contribution < -0.4 is 9.21 Å². The number of piperazine rings is 1. The van der Waals surface area contributed by atoms with Crippen LogP contribution in [0.15, 0.2) is 30.5 Å². The molecule has 0 atom stereocenters. The van der Waals surface area contributed by atoms with Gasteiger partial charge in [0.05, 0.1) is 11.4 Å². The standard InChI is InChI=1S/C21H25FN4O3S/c1-15-12-16(2)20(23-14-15)24-7-9-25(10-8-24)21(27)17-4-5-19(18(22)13-17)26-6-3-11-30(26,28)29/h4-5,12-14H,3,6-11H2,1-2H3. The lowest BCUT2D eigenvalue weighted by Crippen LogP contribution is -2.49. The van der Waals surface area contributed by atoms with Crippen LogP contribution in [-0.4, -0.2) is 62.7 Å². The summed E-state index contributed by atoms with van der Waals surface area (Å²) in [6.45, 7) is 6.61. The second kappa shape index (κ2) is 7.86. The average Bonchev–Trinajstić information content (AvgIpc) is 3.06. The third kappa shape index (κ3) is 3.86. The summed E-state index contributed by atoms with van der Waals surface area (Å²) in [7, 11) is -3.47. The molecule has 30 heavy (non-hydrogen) atoms. The van der Waals surface area contributed by atoms with Crippen LogP contribution in [0.4, 0.5) is 15.9 Å². The van der Waals surface area contributed by atoms with E-state index in [4.69, 9.17) is 0 Å². The third-order valence-electron chi connectivity index (χ3n) is 5.62. The quantitative estimate of drug-likeness (QED) is 0.744. The van der Waals surface area contributed by atoms with E-state index in [1.54, 1.807) is 4.90 Å². The normalized spacial score (nSPS) is 18.7. The van der Waals surface area contributed by atoms with Gasteiger partial charge >= 0.3 is 0 Å². The van der Waals surface area contributed by atoms with Crippen molar-refractivity contribution in [3.8, 4) is 0 Å². The number of sulfonamides is 1. The first-order valence-corrected chi connectivity index (χ1v) is 11.6. The van der Waals surface area contributed by atoms with Gasteiger partial charge < -0.3 is 9.80 Å². The van der Waals surface area contributed by atoms with Crippen LogP contribution in [0.5, 0.6) is 0 Å². The molecule has 3 heterocycles. The highest BCUT2D eigenvalue weighted by Gasteiger charge is 2.31. The van der Waals surface area contributed by atoms with Crippen LogP contribution >= 0.6 is 0 Å². The summed E-state index contributed by atoms with van der Waals surface area (Å²) < 4.78 is 39.8. The zero-order valence-electron chi connectivity index (χ0n) is 17.1. The summed E-state index contributed by atoms with van der Waals surface area (Å²) in [5.41, 5.74) is 2.45. The van der Waals surface area contributed by atoms with E-state index in [1.807, 2.05) is 20.0 Å². The first-order valence-electron chi connectivity index (χ1n) is 10.0. The number of hydrogen-bond donors (Lipinski definition) is 0. The number of carbonyl (C=O) groups excluding carboxylic acids is 1. The molecule has 2 aliphatic rings. The Bertz CT molecular complexity index is 1080. The molecule has 0 aliphatic carbocycles. The number of carbonyl (C=O) groups is 1. The first kappa shape index (κ1) is 20.6. The molecule has 7 nitrogen and oxygen atoms in total. The van der Waals surface area contributed by atoms with Crippen LogP contribution in [0, 0.1) is 19.7 Å². The lowest BCUT2D eigenvalue weighted by molar-refractivity contribution is 0.0746. The van der Waals surface area contributed by atoms with Crippen LogP contribution in [0.25, 0.3) is 0 Å². The van der Waals surface area contributed by atoms with E-state index < -0.39 is 15.8 Å². The summed E-state index contributed by atoms with van der Waals surface area (Å²) in [6.07, 6.45) is 2.31. The van der Waals surface area contributed by atoms with Crippen molar-refractivity contribution in [3.05, 3.63) is 53.0 Å². The molecule has 0 spiro atoms. The van der Waals surface area contributed by atoms with Crippen LogP contribution in [0.1, 0.15) is 27.9 Å². The number of aromatic nitrogens is 1. The molecule has 1 amide bonds. The van der Waals surface area contributed by atoms with Gasteiger partial charge in [0.2, 0.25) is 10.0 Å². The molecule has 9 heteroatoms. The lowest BCUT2D eigenvalue weighted by Gasteiger charge is -2.36. The first-order chi connectivity index (χ1) is 14.3. The van der Waals surface area contributed by atoms with Crippen molar-refractivity contribution in [2.45, 2.75) is 20.3 Å². The lowest BCUT2D eigenvalue weighted by atomic mass is 10.1. The van der Waals surface area contributed by atoms with E-state index in [1.165, 1.54) is 12.1 Å². The Kier molecular flexibility index (Phi) is 5.40. The molecule has 1 aromatic heterocycles. The van der Waals surface area contributed by atoms with Gasteiger partial charge in [-0.05, 0) is 49.6 Å². The summed E-state index contributed by atoms with van der Waals surface area (Å²) in [6, 6.07) is 6.13. The Morgan fingerprint density at radius 1 is 1.07 bits per heavy atom. The van der Waals surface area contributed by atoms with Crippen molar-refractivity contribution in [1.82, 2.24) is 9.88 Å². The molecule has 1 aromatic carbocycles. The molecule has 2 saturated heterocycles. The summed E-state index contributed by atoms with van der Waals surface area (Å²) >= 11 is 0. The van der Waals surface area contributed by atoms with Crippen molar-refractivity contribution in [2.24, 2.45) is 0 Å². The SMILES string of the molecule is Cc1cnc(N2CCN(C(=O)c3ccc(N4CCCS4(=O)=O)c(F)c3)CC2)c(C)c1. The number of anilines is 2. The molecule has 160 valence electrons. The zero-order chi connectivity index (χ0) is 21.5. The van der Waals surface area contributed by atoms with Crippen LogP contribution in [-0.2, 0) is 10.0 Å². The topological polar surface area (TPSA) is 73.8 Å². The second-order valence-electron chi connectivity index (χ2n) is 7.84. The molecule has 4 rings (SSSR count). The number of aryl methyl sites for hydroxylation is 2. The van der Waals surface area contributed by atoms with E-state index in [-0.39, 0.29) is 29.5 Å². The molecular formula is C21H25FN4O3S. The highest BCUT2D eigenvalue weighted by molar-refractivity contribution is 7.93. The highest BCUT2D eigenvalue weighted by atomic mass is 32.2. The molecule has 2 aromatic rings. The smallest absolute Gasteiger partial charge is 0.254 e. The van der Waals surface area contributed by atoms with E-state index in [9.17, 15) is 17.6 Å². The summed E-state index contributed by atoms with van der Waals surface area (Å²) in [5.74, 6) is 0.00419. The predicted octanol–water partition coefficient (Wildman–Crippen LogP) is 2.34. The Morgan fingerprint density at radius 3 is 2.40 bits per heavy atom. The van der Waals surface area contributed by atoms with Gasteiger partial charge in [-0.3, -0.25) is 9.10 Å². The Labute approximate surface area is 176 Å². The van der Waals surface area contributed by atoms with E-state index >= 15 is 0 Å². The van der Waals surface area contributed by atoms with Crippen molar-refractivity contribution in [2.75, 3.05) is 47.7 Å². The number of rotatable bonds is 3. The van der Waals surface area contributed by atoms with Crippen molar-refractivity contribution in [3.63, 3.8) is 0 Å². The second-order valence-corrected chi connectivity index (χ2v) is 9.85. The number of benzene rings is 1. The number of pyridine rings is 1. The molecule has 0 radical (unpaired) electrons. The average molecular weight is 433 g/mol. The minimum Gasteiger partial charge on any atom is -0.353 e. The van der Waals surface area contributed by atoms with Crippen molar-refractivity contribution >= 4 is 27.4 Å². The van der Waals surface area contributed by atoms with Gasteiger partial charge in [0, 0.05) is 44.5 Å². The minimum absolute atomic E-state index is 0.00906. The maximum Gasteiger partial charge on any atom is 0.254 e. The summed E-state index contributed by atoms with van der Waals surface area (Å²) in [5, 5.41) is 0. The number of hydrogen-bond acceptors (Lipinski definition) is 5. The highest BCUT2D eigenvalue weighted by Crippen LogP contribution is 2.28. The number of halogens is 1. The van der Waals surface area contributed by atoms with Crippen molar-refractivity contribution < 1.29 is 17.6 Å². The van der Waals surface area contributed by atoms with Gasteiger partial charge in [0.1, 0.15) is 11.6 Å². The van der Waals surface area contributed by atoms with E-state index in [2.05, 4.69) is 16.0 Å². The molecule has 0 unspecified atom stereocenters. The largest absolute Gasteiger partial charge is 0.353 e. The van der Waals surface area contributed by atoms with Crippen LogP contribution in [0.2, 0.25) is 0 Å². The fraction of sp³-hybridized carbons (Fsp3) is 0.429. The number of amides is 1. The molecule has 0 saturated carbocycles. The van der Waals surface area contributed by atoms with Gasteiger partial charge in [-0.25, -0.2) is 17.8 Å². The third-order valence-corrected chi connectivity index (χ3v) is 7.47. The van der Waals surface area contributed by atoms with Crippen molar-refractivity contribution in [1.29, 1.82) is 0 Å². The molecular weight excluding hydrogens is 407 g/mol. The maximum absolute atomic E-state index is 14.6.